The van der Waals surface area contributed by atoms with Gasteiger partial charge in [0.2, 0.25) is 5.91 Å². The SMILES string of the molecule is NCC1CCCCN1C(=O)Cc1csc(-c2cccnc2)n1. The summed E-state index contributed by atoms with van der Waals surface area (Å²) in [4.78, 5) is 23.1. The van der Waals surface area contributed by atoms with Crippen molar-refractivity contribution in [2.45, 2.75) is 31.7 Å². The molecule has 3 rings (SSSR count). The number of nitrogens with two attached hydrogens (primary N) is 1. The van der Waals surface area contributed by atoms with Crippen LogP contribution in [0.15, 0.2) is 29.9 Å². The fourth-order valence-corrected chi connectivity index (χ4v) is 3.65. The van der Waals surface area contributed by atoms with Crippen molar-refractivity contribution in [3.05, 3.63) is 35.6 Å². The highest BCUT2D eigenvalue weighted by Crippen LogP contribution is 2.24. The molecular weight excluding hydrogens is 296 g/mol. The first-order chi connectivity index (χ1) is 10.8. The van der Waals surface area contributed by atoms with Crippen LogP contribution >= 0.6 is 11.3 Å². The van der Waals surface area contributed by atoms with Gasteiger partial charge in [0.25, 0.3) is 0 Å². The number of pyridine rings is 1. The molecule has 2 aromatic heterocycles. The predicted octanol–water partition coefficient (Wildman–Crippen LogP) is 2.09. The number of hydrogen-bond donors (Lipinski definition) is 1. The zero-order valence-electron chi connectivity index (χ0n) is 12.4. The Kier molecular flexibility index (Phi) is 4.80. The molecule has 0 bridgehead atoms. The Morgan fingerprint density at radius 3 is 3.14 bits per heavy atom. The van der Waals surface area contributed by atoms with Crippen LogP contribution in [0.3, 0.4) is 0 Å². The van der Waals surface area contributed by atoms with E-state index in [4.69, 9.17) is 5.73 Å². The molecule has 0 aromatic carbocycles. The zero-order valence-corrected chi connectivity index (χ0v) is 13.3. The lowest BCUT2D eigenvalue weighted by atomic mass is 10.0. The van der Waals surface area contributed by atoms with Gasteiger partial charge in [-0.3, -0.25) is 9.78 Å². The number of amides is 1. The number of rotatable bonds is 4. The summed E-state index contributed by atoms with van der Waals surface area (Å²) in [5.74, 6) is 0.137. The summed E-state index contributed by atoms with van der Waals surface area (Å²) >= 11 is 1.55. The lowest BCUT2D eigenvalue weighted by Crippen LogP contribution is -2.48. The summed E-state index contributed by atoms with van der Waals surface area (Å²) in [6.45, 7) is 1.37. The number of piperidine rings is 1. The first kappa shape index (κ1) is 15.1. The second-order valence-electron chi connectivity index (χ2n) is 5.53. The van der Waals surface area contributed by atoms with Crippen LogP contribution in [0.2, 0.25) is 0 Å². The van der Waals surface area contributed by atoms with Crippen LogP contribution in [0, 0.1) is 0 Å². The topological polar surface area (TPSA) is 72.1 Å². The maximum Gasteiger partial charge on any atom is 0.228 e. The van der Waals surface area contributed by atoms with Crippen LogP contribution in [0.5, 0.6) is 0 Å². The molecule has 1 atom stereocenters. The van der Waals surface area contributed by atoms with Gasteiger partial charge in [-0.15, -0.1) is 11.3 Å². The Hall–Kier alpha value is -1.79. The lowest BCUT2D eigenvalue weighted by Gasteiger charge is -2.35. The quantitative estimate of drug-likeness (QED) is 0.937. The van der Waals surface area contributed by atoms with E-state index in [0.29, 0.717) is 13.0 Å². The number of nitrogens with zero attached hydrogens (tertiary/aromatic N) is 3. The standard InChI is InChI=1S/C16H20N4OS/c17-9-14-5-1-2-7-20(14)15(21)8-13-11-22-16(19-13)12-4-3-6-18-10-12/h3-4,6,10-11,14H,1-2,5,7-9,17H2. The first-order valence-corrected chi connectivity index (χ1v) is 8.50. The van der Waals surface area contributed by atoms with Crippen molar-refractivity contribution < 1.29 is 4.79 Å². The molecule has 3 heterocycles. The Morgan fingerprint density at radius 2 is 2.36 bits per heavy atom. The maximum atomic E-state index is 12.5. The average Bonchev–Trinajstić information content (AvgIpc) is 3.04. The molecule has 1 aliphatic heterocycles. The van der Waals surface area contributed by atoms with Gasteiger partial charge in [-0.1, -0.05) is 0 Å². The van der Waals surface area contributed by atoms with Crippen LogP contribution in [0.25, 0.3) is 10.6 Å². The number of carbonyl (C=O) groups is 1. The van der Waals surface area contributed by atoms with Crippen molar-refractivity contribution >= 4 is 17.2 Å². The third-order valence-corrected chi connectivity index (χ3v) is 4.95. The fraction of sp³-hybridized carbons (Fsp3) is 0.438. The van der Waals surface area contributed by atoms with Gasteiger partial charge < -0.3 is 10.6 Å². The van der Waals surface area contributed by atoms with Gasteiger partial charge in [0.05, 0.1) is 12.1 Å². The largest absolute Gasteiger partial charge is 0.338 e. The minimum Gasteiger partial charge on any atom is -0.338 e. The second kappa shape index (κ2) is 6.98. The predicted molar refractivity (Wildman–Crippen MR) is 87.5 cm³/mol. The number of likely N-dealkylation sites (tertiary alicyclic amines) is 1. The summed E-state index contributed by atoms with van der Waals surface area (Å²) in [6.07, 6.45) is 7.13. The molecule has 6 heteroatoms. The molecule has 1 fully saturated rings. The van der Waals surface area contributed by atoms with Crippen LogP contribution in [0.1, 0.15) is 25.0 Å². The lowest BCUT2D eigenvalue weighted by molar-refractivity contribution is -0.133. The minimum atomic E-state index is 0.137. The molecule has 0 spiro atoms. The van der Waals surface area contributed by atoms with Crippen LogP contribution in [0.4, 0.5) is 0 Å². The summed E-state index contributed by atoms with van der Waals surface area (Å²) in [7, 11) is 0. The Bertz CT molecular complexity index is 628. The Balaban J connectivity index is 1.68. The zero-order chi connectivity index (χ0) is 15.4. The minimum absolute atomic E-state index is 0.137. The van der Waals surface area contributed by atoms with Crippen molar-refractivity contribution in [2.24, 2.45) is 5.73 Å². The van der Waals surface area contributed by atoms with E-state index in [1.54, 1.807) is 23.7 Å². The molecule has 0 saturated carbocycles. The number of aromatic nitrogens is 2. The molecule has 0 aliphatic carbocycles. The van der Waals surface area contributed by atoms with Crippen molar-refractivity contribution in [3.63, 3.8) is 0 Å². The average molecular weight is 316 g/mol. The van der Waals surface area contributed by atoms with E-state index in [2.05, 4.69) is 9.97 Å². The van der Waals surface area contributed by atoms with Gasteiger partial charge in [0, 0.05) is 42.5 Å². The molecule has 22 heavy (non-hydrogen) atoms. The van der Waals surface area contributed by atoms with Crippen molar-refractivity contribution in [1.82, 2.24) is 14.9 Å². The number of carbonyl (C=O) groups excluding carboxylic acids is 1. The molecule has 1 aliphatic rings. The van der Waals surface area contributed by atoms with Gasteiger partial charge in [0.1, 0.15) is 5.01 Å². The third kappa shape index (κ3) is 3.34. The highest BCUT2D eigenvalue weighted by molar-refractivity contribution is 7.13. The molecule has 0 radical (unpaired) electrons. The molecular formula is C16H20N4OS. The van der Waals surface area contributed by atoms with E-state index in [1.807, 2.05) is 22.4 Å². The normalized spacial score (nSPS) is 18.4. The molecule has 2 aromatic rings. The second-order valence-corrected chi connectivity index (χ2v) is 6.39. The third-order valence-electron chi connectivity index (χ3n) is 4.01. The van der Waals surface area contributed by atoms with E-state index in [-0.39, 0.29) is 11.9 Å². The van der Waals surface area contributed by atoms with Gasteiger partial charge in [-0.2, -0.15) is 0 Å². The van der Waals surface area contributed by atoms with Crippen LogP contribution in [-0.4, -0.2) is 39.9 Å². The van der Waals surface area contributed by atoms with E-state index in [0.717, 1.165) is 42.1 Å². The Labute approximate surface area is 134 Å². The van der Waals surface area contributed by atoms with E-state index in [1.165, 1.54) is 0 Å². The summed E-state index contributed by atoms with van der Waals surface area (Å²) in [5, 5.41) is 2.87. The van der Waals surface area contributed by atoms with Crippen LogP contribution < -0.4 is 5.73 Å². The molecule has 2 N–H and O–H groups in total. The monoisotopic (exact) mass is 316 g/mol. The highest BCUT2D eigenvalue weighted by Gasteiger charge is 2.25. The van der Waals surface area contributed by atoms with E-state index in [9.17, 15) is 4.79 Å². The van der Waals surface area contributed by atoms with Crippen LogP contribution in [-0.2, 0) is 11.2 Å². The van der Waals surface area contributed by atoms with Gasteiger partial charge >= 0.3 is 0 Å². The van der Waals surface area contributed by atoms with Gasteiger partial charge in [0.15, 0.2) is 0 Å². The number of thiazole rings is 1. The van der Waals surface area contributed by atoms with Crippen molar-refractivity contribution in [3.8, 4) is 10.6 Å². The smallest absolute Gasteiger partial charge is 0.228 e. The highest BCUT2D eigenvalue weighted by atomic mass is 32.1. The molecule has 1 saturated heterocycles. The maximum absolute atomic E-state index is 12.5. The van der Waals surface area contributed by atoms with Crippen molar-refractivity contribution in [2.75, 3.05) is 13.1 Å². The number of hydrogen-bond acceptors (Lipinski definition) is 5. The molecule has 116 valence electrons. The summed E-state index contributed by atoms with van der Waals surface area (Å²) < 4.78 is 0. The summed E-state index contributed by atoms with van der Waals surface area (Å²) in [5.41, 5.74) is 7.61. The van der Waals surface area contributed by atoms with Crippen molar-refractivity contribution in [1.29, 1.82) is 0 Å². The molecule has 1 unspecified atom stereocenters. The van der Waals surface area contributed by atoms with Gasteiger partial charge in [-0.05, 0) is 31.4 Å². The summed E-state index contributed by atoms with van der Waals surface area (Å²) in [6, 6.07) is 4.06. The van der Waals surface area contributed by atoms with E-state index < -0.39 is 0 Å². The Morgan fingerprint density at radius 1 is 1.45 bits per heavy atom. The van der Waals surface area contributed by atoms with E-state index >= 15 is 0 Å². The van der Waals surface area contributed by atoms with Gasteiger partial charge in [-0.25, -0.2) is 4.98 Å². The molecule has 5 nitrogen and oxygen atoms in total. The first-order valence-electron chi connectivity index (χ1n) is 7.62. The fourth-order valence-electron chi connectivity index (χ4n) is 2.84. The molecule has 1 amide bonds.